The van der Waals surface area contributed by atoms with Gasteiger partial charge in [-0.25, -0.2) is 9.37 Å². The predicted molar refractivity (Wildman–Crippen MR) is 159 cm³/mol. The van der Waals surface area contributed by atoms with Crippen LogP contribution in [0, 0.1) is 5.82 Å². The average molecular weight is 575 g/mol. The fourth-order valence-electron chi connectivity index (χ4n) is 4.78. The maximum absolute atomic E-state index is 14.2. The fourth-order valence-corrected chi connectivity index (χ4v) is 5.16. The van der Waals surface area contributed by atoms with Crippen molar-refractivity contribution in [3.63, 3.8) is 0 Å². The third-order valence-electron chi connectivity index (χ3n) is 6.88. The molecule has 0 saturated carbocycles. The fraction of sp³-hybridized carbons (Fsp3) is 0.200. The van der Waals surface area contributed by atoms with Crippen LogP contribution in [0.4, 0.5) is 10.2 Å². The summed E-state index contributed by atoms with van der Waals surface area (Å²) in [6.45, 7) is 0.506. The molecule has 0 radical (unpaired) electrons. The molecule has 2 heterocycles. The molecule has 2 aromatic heterocycles. The van der Waals surface area contributed by atoms with Crippen LogP contribution in [0.15, 0.2) is 79.1 Å². The number of benzene rings is 2. The number of hydrogen-bond donors (Lipinski definition) is 3. The van der Waals surface area contributed by atoms with Crippen LogP contribution in [0.25, 0.3) is 0 Å². The number of carbonyl (C=O) groups excluding carboxylic acids is 1. The van der Waals surface area contributed by atoms with E-state index in [1.54, 1.807) is 30.3 Å². The molecule has 204 valence electrons. The first kappa shape index (κ1) is 27.5. The summed E-state index contributed by atoms with van der Waals surface area (Å²) in [4.78, 5) is 23.1. The number of pyridine rings is 2. The third kappa shape index (κ3) is 6.38. The second-order valence-corrected chi connectivity index (χ2v) is 10.4. The number of carbonyl (C=O) groups is 1. The molecule has 0 saturated heterocycles. The molecule has 10 heteroatoms. The molecule has 2 aromatic carbocycles. The highest BCUT2D eigenvalue weighted by atomic mass is 35.5. The molecule has 7 nitrogen and oxygen atoms in total. The standard InChI is InChI=1S/C30H28ClFN6OS/c1-38(15-13-23-7-4-5-14-33-23)29(39)21-16-26(31)28(34-18-21)36-37-30(40)35-27-24-8-3-2-6-19(24)9-10-20-11-12-22(32)17-25(20)27/h2-8,11-12,14,16-18,27H,9-10,13,15H2,1H3,(H,34,36)(H2,35,37,40). The number of nitrogens with zero attached hydrogens (tertiary/aromatic N) is 3. The first-order valence-corrected chi connectivity index (χ1v) is 13.7. The van der Waals surface area contributed by atoms with Gasteiger partial charge in [-0.2, -0.15) is 0 Å². The Hall–Kier alpha value is -4.08. The quantitative estimate of drug-likeness (QED) is 0.205. The highest BCUT2D eigenvalue weighted by Crippen LogP contribution is 2.33. The maximum Gasteiger partial charge on any atom is 0.255 e. The number of halogens is 2. The van der Waals surface area contributed by atoms with Crippen molar-refractivity contribution in [2.24, 2.45) is 0 Å². The molecule has 0 bridgehead atoms. The third-order valence-corrected chi connectivity index (χ3v) is 7.39. The van der Waals surface area contributed by atoms with Gasteiger partial charge >= 0.3 is 0 Å². The largest absolute Gasteiger partial charge is 0.350 e. The Balaban J connectivity index is 1.23. The molecule has 1 aliphatic carbocycles. The van der Waals surface area contributed by atoms with Crippen molar-refractivity contribution in [2.45, 2.75) is 25.3 Å². The highest BCUT2D eigenvalue weighted by Gasteiger charge is 2.25. The molecule has 40 heavy (non-hydrogen) atoms. The summed E-state index contributed by atoms with van der Waals surface area (Å²) in [5.74, 6) is -0.180. The van der Waals surface area contributed by atoms with Crippen molar-refractivity contribution in [3.05, 3.63) is 123 Å². The minimum atomic E-state index is -0.337. The van der Waals surface area contributed by atoms with Gasteiger partial charge in [0.25, 0.3) is 5.91 Å². The van der Waals surface area contributed by atoms with E-state index in [1.807, 2.05) is 42.5 Å². The van der Waals surface area contributed by atoms with Gasteiger partial charge in [0.2, 0.25) is 0 Å². The zero-order chi connectivity index (χ0) is 28.1. The Bertz CT molecular complexity index is 1540. The predicted octanol–water partition coefficient (Wildman–Crippen LogP) is 5.26. The monoisotopic (exact) mass is 574 g/mol. The van der Waals surface area contributed by atoms with Crippen molar-refractivity contribution >= 4 is 40.7 Å². The molecule has 0 fully saturated rings. The number of aromatic nitrogens is 2. The molecule has 5 rings (SSSR count). The minimum absolute atomic E-state index is 0.194. The lowest BCUT2D eigenvalue weighted by Crippen LogP contribution is -2.41. The number of anilines is 1. The molecule has 0 spiro atoms. The van der Waals surface area contributed by atoms with E-state index in [2.05, 4.69) is 32.2 Å². The highest BCUT2D eigenvalue weighted by molar-refractivity contribution is 7.80. The van der Waals surface area contributed by atoms with Crippen LogP contribution in [-0.2, 0) is 19.3 Å². The summed E-state index contributed by atoms with van der Waals surface area (Å²) in [5, 5.41) is 3.85. The number of likely N-dealkylation sites (N-methyl/N-ethyl adjacent to an activating group) is 1. The molecule has 1 amide bonds. The number of fused-ring (bicyclic) bond motifs is 2. The number of rotatable bonds is 7. The Kier molecular flexibility index (Phi) is 8.52. The lowest BCUT2D eigenvalue weighted by Gasteiger charge is -2.24. The second-order valence-electron chi connectivity index (χ2n) is 9.55. The summed E-state index contributed by atoms with van der Waals surface area (Å²) in [6, 6.07) is 19.9. The number of aryl methyl sites for hydroxylation is 2. The topological polar surface area (TPSA) is 82.2 Å². The van der Waals surface area contributed by atoms with Crippen LogP contribution >= 0.6 is 23.8 Å². The Morgan fingerprint density at radius 2 is 1.82 bits per heavy atom. The molecule has 1 unspecified atom stereocenters. The van der Waals surface area contributed by atoms with Crippen molar-refractivity contribution in [2.75, 3.05) is 19.0 Å². The van der Waals surface area contributed by atoms with Gasteiger partial charge in [-0.15, -0.1) is 0 Å². The number of thiocarbonyl (C=S) groups is 1. The molecular formula is C30H28ClFN6OS. The van der Waals surface area contributed by atoms with Crippen LogP contribution in [0.1, 0.15) is 44.3 Å². The number of hydrazine groups is 1. The van der Waals surface area contributed by atoms with Crippen LogP contribution in [-0.4, -0.2) is 39.5 Å². The van der Waals surface area contributed by atoms with E-state index in [4.69, 9.17) is 23.8 Å². The van der Waals surface area contributed by atoms with E-state index in [0.717, 1.165) is 35.2 Å². The Labute approximate surface area is 242 Å². The van der Waals surface area contributed by atoms with Crippen LogP contribution in [0.5, 0.6) is 0 Å². The maximum atomic E-state index is 14.2. The second kappa shape index (κ2) is 12.4. The smallest absolute Gasteiger partial charge is 0.255 e. The number of nitrogens with one attached hydrogen (secondary N) is 3. The van der Waals surface area contributed by atoms with E-state index >= 15 is 0 Å². The molecule has 1 atom stereocenters. The van der Waals surface area contributed by atoms with Gasteiger partial charge in [0.1, 0.15) is 5.82 Å². The van der Waals surface area contributed by atoms with Gasteiger partial charge in [-0.3, -0.25) is 20.6 Å². The summed E-state index contributed by atoms with van der Waals surface area (Å²) in [5.41, 5.74) is 11.3. The van der Waals surface area contributed by atoms with Crippen LogP contribution < -0.4 is 16.2 Å². The normalized spacial score (nSPS) is 13.8. The van der Waals surface area contributed by atoms with E-state index in [0.29, 0.717) is 24.3 Å². The molecule has 3 N–H and O–H groups in total. The number of hydrogen-bond acceptors (Lipinski definition) is 5. The van der Waals surface area contributed by atoms with Gasteiger partial charge in [-0.05, 0) is 77.6 Å². The zero-order valence-electron chi connectivity index (χ0n) is 21.8. The summed E-state index contributed by atoms with van der Waals surface area (Å²) >= 11 is 12.0. The first-order chi connectivity index (χ1) is 19.4. The summed E-state index contributed by atoms with van der Waals surface area (Å²) in [6.07, 6.45) is 5.50. The summed E-state index contributed by atoms with van der Waals surface area (Å²) in [7, 11) is 1.73. The van der Waals surface area contributed by atoms with Crippen molar-refractivity contribution < 1.29 is 9.18 Å². The van der Waals surface area contributed by atoms with E-state index in [1.165, 1.54) is 17.8 Å². The molecular weight excluding hydrogens is 547 g/mol. The van der Waals surface area contributed by atoms with Gasteiger partial charge < -0.3 is 10.2 Å². The Morgan fingerprint density at radius 3 is 2.60 bits per heavy atom. The van der Waals surface area contributed by atoms with Crippen molar-refractivity contribution in [1.29, 1.82) is 0 Å². The minimum Gasteiger partial charge on any atom is -0.350 e. The first-order valence-electron chi connectivity index (χ1n) is 12.9. The lowest BCUT2D eigenvalue weighted by atomic mass is 9.94. The molecule has 4 aromatic rings. The van der Waals surface area contributed by atoms with E-state index in [9.17, 15) is 9.18 Å². The molecule has 0 aliphatic heterocycles. The summed E-state index contributed by atoms with van der Waals surface area (Å²) < 4.78 is 14.2. The molecule has 1 aliphatic rings. The van der Waals surface area contributed by atoms with Gasteiger partial charge in [0, 0.05) is 38.1 Å². The van der Waals surface area contributed by atoms with Crippen molar-refractivity contribution in [3.8, 4) is 0 Å². The average Bonchev–Trinajstić information content (AvgIpc) is 3.12. The van der Waals surface area contributed by atoms with Gasteiger partial charge in [0.15, 0.2) is 10.9 Å². The number of amides is 1. The SMILES string of the molecule is CN(CCc1ccccn1)C(=O)c1cnc(NNC(=S)NC2c3ccccc3CCc3ccc(F)cc32)c(Cl)c1. The van der Waals surface area contributed by atoms with Gasteiger partial charge in [-0.1, -0.05) is 48.0 Å². The van der Waals surface area contributed by atoms with E-state index < -0.39 is 0 Å². The van der Waals surface area contributed by atoms with Gasteiger partial charge in [0.05, 0.1) is 16.6 Å². The van der Waals surface area contributed by atoms with E-state index in [-0.39, 0.29) is 27.9 Å². The van der Waals surface area contributed by atoms with Crippen LogP contribution in [0.2, 0.25) is 5.02 Å². The Morgan fingerprint density at radius 1 is 1.05 bits per heavy atom. The zero-order valence-corrected chi connectivity index (χ0v) is 23.4. The lowest BCUT2D eigenvalue weighted by molar-refractivity contribution is 0.0796. The van der Waals surface area contributed by atoms with Crippen molar-refractivity contribution in [1.82, 2.24) is 25.6 Å². The van der Waals surface area contributed by atoms with Crippen LogP contribution in [0.3, 0.4) is 0 Å².